The Kier molecular flexibility index (Phi) is 6.14. The molecule has 0 saturated carbocycles. The maximum absolute atomic E-state index is 12.9. The second kappa shape index (κ2) is 8.56. The molecular weight excluding hydrogens is 376 g/mol. The van der Waals surface area contributed by atoms with Crippen LogP contribution in [0.5, 0.6) is 0 Å². The molecule has 0 spiro atoms. The molecule has 3 rings (SSSR count). The van der Waals surface area contributed by atoms with Gasteiger partial charge in [0.2, 0.25) is 5.91 Å². The van der Waals surface area contributed by atoms with Gasteiger partial charge in [-0.3, -0.25) is 9.59 Å². The van der Waals surface area contributed by atoms with Crippen LogP contribution < -0.4 is 10.6 Å². The van der Waals surface area contributed by atoms with Crippen molar-refractivity contribution in [3.8, 4) is 0 Å². The first-order chi connectivity index (χ1) is 13.3. The first-order valence-electron chi connectivity index (χ1n) is 9.35. The van der Waals surface area contributed by atoms with Gasteiger partial charge in [0, 0.05) is 17.5 Å². The van der Waals surface area contributed by atoms with Crippen LogP contribution in [0.15, 0.2) is 24.3 Å². The number of hydrogen-bond donors (Lipinski definition) is 2. The molecule has 0 fully saturated rings. The molecule has 1 heterocycles. The molecule has 1 aromatic carbocycles. The molecule has 1 atom stereocenters. The van der Waals surface area contributed by atoms with Crippen LogP contribution in [0.1, 0.15) is 53.1 Å². The highest BCUT2D eigenvalue weighted by atomic mass is 32.1. The first kappa shape index (κ1) is 20.1. The summed E-state index contributed by atoms with van der Waals surface area (Å²) in [6.07, 6.45) is 2.77. The van der Waals surface area contributed by atoms with E-state index >= 15 is 0 Å². The first-order valence-corrected chi connectivity index (χ1v) is 10.2. The van der Waals surface area contributed by atoms with E-state index in [2.05, 4.69) is 10.6 Å². The molecule has 1 aliphatic rings. The summed E-state index contributed by atoms with van der Waals surface area (Å²) in [5, 5.41) is 6.01. The Balaban J connectivity index is 1.75. The fraction of sp³-hybridized carbons (Fsp3) is 0.381. The lowest BCUT2D eigenvalue weighted by atomic mass is 9.95. The van der Waals surface area contributed by atoms with E-state index in [1.54, 1.807) is 13.0 Å². The fourth-order valence-corrected chi connectivity index (χ4v) is 4.59. The third kappa shape index (κ3) is 4.59. The summed E-state index contributed by atoms with van der Waals surface area (Å²) in [4.78, 5) is 37.9. The number of esters is 1. The molecule has 1 aromatic heterocycles. The van der Waals surface area contributed by atoms with E-state index in [4.69, 9.17) is 4.74 Å². The molecule has 2 N–H and O–H groups in total. The Labute approximate surface area is 168 Å². The van der Waals surface area contributed by atoms with Crippen LogP contribution in [0.2, 0.25) is 0 Å². The van der Waals surface area contributed by atoms with Crippen LogP contribution in [0.3, 0.4) is 0 Å². The van der Waals surface area contributed by atoms with Gasteiger partial charge in [0.25, 0.3) is 5.91 Å². The second-order valence-electron chi connectivity index (χ2n) is 7.00. The molecule has 0 radical (unpaired) electrons. The quantitative estimate of drug-likeness (QED) is 0.741. The lowest BCUT2D eigenvalue weighted by Crippen LogP contribution is -2.30. The van der Waals surface area contributed by atoms with Gasteiger partial charge in [0.05, 0.1) is 5.56 Å². The van der Waals surface area contributed by atoms with Crippen molar-refractivity contribution in [2.45, 2.75) is 52.6 Å². The van der Waals surface area contributed by atoms with Gasteiger partial charge in [-0.25, -0.2) is 4.79 Å². The van der Waals surface area contributed by atoms with Gasteiger partial charge in [0.1, 0.15) is 5.00 Å². The molecule has 0 saturated heterocycles. The number of nitrogens with one attached hydrogen (secondary N) is 2. The Morgan fingerprint density at radius 3 is 2.61 bits per heavy atom. The number of ether oxygens (including phenoxy) is 1. The van der Waals surface area contributed by atoms with Crippen molar-refractivity contribution >= 4 is 39.8 Å². The van der Waals surface area contributed by atoms with Gasteiger partial charge in [-0.1, -0.05) is 12.1 Å². The maximum atomic E-state index is 12.9. The average molecular weight is 401 g/mol. The summed E-state index contributed by atoms with van der Waals surface area (Å²) in [5.74, 6) is -1.21. The van der Waals surface area contributed by atoms with Crippen LogP contribution >= 0.6 is 11.3 Å². The zero-order valence-electron chi connectivity index (χ0n) is 16.3. The van der Waals surface area contributed by atoms with E-state index in [1.807, 2.05) is 25.1 Å². The Hall–Kier alpha value is -2.67. The number of carbonyl (C=O) groups is 3. The molecule has 148 valence electrons. The zero-order valence-corrected chi connectivity index (χ0v) is 17.1. The van der Waals surface area contributed by atoms with E-state index in [1.165, 1.54) is 18.3 Å². The predicted molar refractivity (Wildman–Crippen MR) is 110 cm³/mol. The minimum absolute atomic E-state index is 0.238. The Bertz CT molecular complexity index is 919. The highest BCUT2D eigenvalue weighted by molar-refractivity contribution is 7.17. The van der Waals surface area contributed by atoms with Crippen molar-refractivity contribution in [1.29, 1.82) is 0 Å². The Morgan fingerprint density at radius 2 is 1.89 bits per heavy atom. The average Bonchev–Trinajstić information content (AvgIpc) is 2.98. The molecule has 7 heteroatoms. The summed E-state index contributed by atoms with van der Waals surface area (Å²) in [6.45, 7) is 4.88. The van der Waals surface area contributed by atoms with Crippen LogP contribution in [-0.2, 0) is 27.2 Å². The van der Waals surface area contributed by atoms with Crippen molar-refractivity contribution in [3.05, 3.63) is 45.8 Å². The highest BCUT2D eigenvalue weighted by Crippen LogP contribution is 2.38. The minimum Gasteiger partial charge on any atom is -0.449 e. The third-order valence-electron chi connectivity index (χ3n) is 4.60. The van der Waals surface area contributed by atoms with Crippen molar-refractivity contribution < 1.29 is 19.1 Å². The SMILES string of the molecule is CC(=O)Nc1sc2c(c1C(=O)O[C@H](C)C(=O)Nc1cccc(C)c1)CCCC2. The van der Waals surface area contributed by atoms with Gasteiger partial charge in [-0.05, 0) is 62.8 Å². The monoisotopic (exact) mass is 400 g/mol. The van der Waals surface area contributed by atoms with Crippen molar-refractivity contribution in [2.24, 2.45) is 0 Å². The topological polar surface area (TPSA) is 84.5 Å². The van der Waals surface area contributed by atoms with Crippen molar-refractivity contribution in [2.75, 3.05) is 10.6 Å². The third-order valence-corrected chi connectivity index (χ3v) is 5.81. The van der Waals surface area contributed by atoms with Gasteiger partial charge >= 0.3 is 5.97 Å². The standard InChI is InChI=1S/C21H24N2O4S/c1-12-7-6-8-15(11-12)23-19(25)13(2)27-21(26)18-16-9-4-5-10-17(16)28-20(18)22-14(3)24/h6-8,11,13H,4-5,9-10H2,1-3H3,(H,22,24)(H,23,25)/t13-/m1/s1. The summed E-state index contributed by atoms with van der Waals surface area (Å²) in [5.41, 5.74) is 3.01. The molecule has 1 aliphatic carbocycles. The second-order valence-corrected chi connectivity index (χ2v) is 8.11. The number of fused-ring (bicyclic) bond motifs is 1. The van der Waals surface area contributed by atoms with Crippen LogP contribution in [-0.4, -0.2) is 23.9 Å². The van der Waals surface area contributed by atoms with Gasteiger partial charge in [-0.2, -0.15) is 0 Å². The predicted octanol–water partition coefficient (Wildman–Crippen LogP) is 4.08. The van der Waals surface area contributed by atoms with E-state index in [9.17, 15) is 14.4 Å². The molecular formula is C21H24N2O4S. The molecule has 2 amide bonds. The van der Waals surface area contributed by atoms with E-state index in [0.29, 0.717) is 16.3 Å². The zero-order chi connectivity index (χ0) is 20.3. The summed E-state index contributed by atoms with van der Waals surface area (Å²) in [6, 6.07) is 7.40. The van der Waals surface area contributed by atoms with Crippen LogP contribution in [0.4, 0.5) is 10.7 Å². The number of carbonyl (C=O) groups excluding carboxylic acids is 3. The summed E-state index contributed by atoms with van der Waals surface area (Å²) >= 11 is 1.42. The number of hydrogen-bond acceptors (Lipinski definition) is 5. The number of amides is 2. The number of benzene rings is 1. The van der Waals surface area contributed by atoms with E-state index in [-0.39, 0.29) is 5.91 Å². The molecule has 6 nitrogen and oxygen atoms in total. The van der Waals surface area contributed by atoms with Crippen LogP contribution in [0.25, 0.3) is 0 Å². The normalized spacial score (nSPS) is 14.0. The molecule has 2 aromatic rings. The largest absolute Gasteiger partial charge is 0.449 e. The van der Waals surface area contributed by atoms with Gasteiger partial charge < -0.3 is 15.4 Å². The van der Waals surface area contributed by atoms with Crippen LogP contribution in [0, 0.1) is 6.92 Å². The summed E-state index contributed by atoms with van der Waals surface area (Å²) < 4.78 is 5.45. The number of anilines is 2. The maximum Gasteiger partial charge on any atom is 0.342 e. The molecule has 0 aliphatic heterocycles. The number of rotatable bonds is 5. The molecule has 0 unspecified atom stereocenters. The molecule has 28 heavy (non-hydrogen) atoms. The van der Waals surface area contributed by atoms with E-state index < -0.39 is 18.0 Å². The van der Waals surface area contributed by atoms with Crippen molar-refractivity contribution in [3.63, 3.8) is 0 Å². The van der Waals surface area contributed by atoms with Gasteiger partial charge in [0.15, 0.2) is 6.10 Å². The number of aryl methyl sites for hydroxylation is 2. The van der Waals surface area contributed by atoms with Crippen molar-refractivity contribution in [1.82, 2.24) is 0 Å². The Morgan fingerprint density at radius 1 is 1.14 bits per heavy atom. The highest BCUT2D eigenvalue weighted by Gasteiger charge is 2.29. The lowest BCUT2D eigenvalue weighted by Gasteiger charge is -2.16. The minimum atomic E-state index is -0.961. The van der Waals surface area contributed by atoms with Gasteiger partial charge in [-0.15, -0.1) is 11.3 Å². The number of thiophene rings is 1. The van der Waals surface area contributed by atoms with E-state index in [0.717, 1.165) is 41.7 Å². The smallest absolute Gasteiger partial charge is 0.342 e. The summed E-state index contributed by atoms with van der Waals surface area (Å²) in [7, 11) is 0. The lowest BCUT2D eigenvalue weighted by molar-refractivity contribution is -0.123. The molecule has 0 bridgehead atoms. The fourth-order valence-electron chi connectivity index (χ4n) is 3.27.